The van der Waals surface area contributed by atoms with Crippen LogP contribution in [-0.2, 0) is 9.59 Å². The number of carbonyl (C=O) groups is 2. The molecule has 0 N–H and O–H groups in total. The van der Waals surface area contributed by atoms with Crippen LogP contribution in [0.25, 0.3) is 0 Å². The van der Waals surface area contributed by atoms with Crippen molar-refractivity contribution in [1.29, 1.82) is 0 Å². The Labute approximate surface area is 191 Å². The molecule has 0 radical (unpaired) electrons. The summed E-state index contributed by atoms with van der Waals surface area (Å²) in [6.07, 6.45) is 25.4. The van der Waals surface area contributed by atoms with Crippen LogP contribution in [0.1, 0.15) is 116 Å². The molecule has 4 fully saturated rings. The van der Waals surface area contributed by atoms with Gasteiger partial charge in [-0.15, -0.1) is 0 Å². The molecule has 4 rings (SSSR count). The molecule has 0 aromatic heterocycles. The summed E-state index contributed by atoms with van der Waals surface area (Å²) in [6.45, 7) is 2.45. The van der Waals surface area contributed by atoms with Gasteiger partial charge < -0.3 is 9.59 Å². The first kappa shape index (κ1) is 23.5. The quantitative estimate of drug-likeness (QED) is 0.390. The third-order valence-electron chi connectivity index (χ3n) is 10.5. The highest BCUT2D eigenvalue weighted by Gasteiger charge is 2.38. The summed E-state index contributed by atoms with van der Waals surface area (Å²) in [5, 5.41) is 0. The Morgan fingerprint density at radius 3 is 1.35 bits per heavy atom. The highest BCUT2D eigenvalue weighted by atomic mass is 16.1. The highest BCUT2D eigenvalue weighted by Crippen LogP contribution is 2.49. The lowest BCUT2D eigenvalue weighted by Crippen LogP contribution is -2.34. The smallest absolute Gasteiger partial charge is 0.123 e. The summed E-state index contributed by atoms with van der Waals surface area (Å²) in [4.78, 5) is 22.6. The van der Waals surface area contributed by atoms with Crippen molar-refractivity contribution in [2.24, 2.45) is 53.3 Å². The van der Waals surface area contributed by atoms with Gasteiger partial charge in [0.2, 0.25) is 0 Å². The van der Waals surface area contributed by atoms with Crippen LogP contribution < -0.4 is 0 Å². The van der Waals surface area contributed by atoms with Gasteiger partial charge in [0, 0.05) is 11.8 Å². The predicted molar refractivity (Wildman–Crippen MR) is 128 cm³/mol. The predicted octanol–water partition coefficient (Wildman–Crippen LogP) is 7.64. The van der Waals surface area contributed by atoms with Crippen LogP contribution in [0.4, 0.5) is 0 Å². The zero-order valence-corrected chi connectivity index (χ0v) is 20.2. The molecule has 0 amide bonds. The topological polar surface area (TPSA) is 34.1 Å². The highest BCUT2D eigenvalue weighted by molar-refractivity contribution is 5.53. The standard InChI is InChI=1S/C29H48O2/c1-2-29(25-13-9-23(10-14-25)27-7-3-5-21(17-27)19-30)26-15-11-24(12-16-26)28-8-4-6-22(18-28)20-31/h19-29H,2-18H2,1H3. The Balaban J connectivity index is 1.23. The number of carbonyl (C=O) groups excluding carboxylic acids is 2. The molecule has 0 aromatic rings. The van der Waals surface area contributed by atoms with E-state index in [1.165, 1.54) is 109 Å². The molecule has 0 aliphatic heterocycles. The number of hydrogen-bond donors (Lipinski definition) is 0. The Bertz CT molecular complexity index is 507. The molecule has 0 bridgehead atoms. The van der Waals surface area contributed by atoms with Gasteiger partial charge in [-0.1, -0.05) is 39.0 Å². The zero-order chi connectivity index (χ0) is 21.6. The molecule has 4 aliphatic rings. The lowest BCUT2D eigenvalue weighted by molar-refractivity contribution is -0.113. The van der Waals surface area contributed by atoms with Crippen molar-refractivity contribution in [2.45, 2.75) is 116 Å². The van der Waals surface area contributed by atoms with E-state index in [0.717, 1.165) is 54.3 Å². The fraction of sp³-hybridized carbons (Fsp3) is 0.931. The second kappa shape index (κ2) is 11.5. The van der Waals surface area contributed by atoms with Crippen LogP contribution in [0.2, 0.25) is 0 Å². The second-order valence-corrected chi connectivity index (χ2v) is 12.1. The molecule has 0 spiro atoms. The molecule has 4 atom stereocenters. The molecule has 176 valence electrons. The summed E-state index contributed by atoms with van der Waals surface area (Å²) in [7, 11) is 0. The Kier molecular flexibility index (Phi) is 8.69. The van der Waals surface area contributed by atoms with E-state index < -0.39 is 0 Å². The van der Waals surface area contributed by atoms with Crippen LogP contribution in [0, 0.1) is 53.3 Å². The summed E-state index contributed by atoms with van der Waals surface area (Å²) in [5.74, 6) is 7.09. The first-order valence-corrected chi connectivity index (χ1v) is 14.1. The fourth-order valence-corrected chi connectivity index (χ4v) is 8.78. The van der Waals surface area contributed by atoms with E-state index in [9.17, 15) is 9.59 Å². The van der Waals surface area contributed by atoms with Crippen molar-refractivity contribution in [3.8, 4) is 0 Å². The van der Waals surface area contributed by atoms with Gasteiger partial charge in [-0.25, -0.2) is 0 Å². The Hall–Kier alpha value is -0.660. The fourth-order valence-electron chi connectivity index (χ4n) is 8.78. The first-order valence-electron chi connectivity index (χ1n) is 14.1. The summed E-state index contributed by atoms with van der Waals surface area (Å²) >= 11 is 0. The molecule has 0 heterocycles. The molecule has 0 saturated heterocycles. The van der Waals surface area contributed by atoms with Gasteiger partial charge in [-0.2, -0.15) is 0 Å². The minimum absolute atomic E-state index is 0.362. The van der Waals surface area contributed by atoms with Crippen molar-refractivity contribution >= 4 is 12.6 Å². The van der Waals surface area contributed by atoms with E-state index in [1.807, 2.05) is 0 Å². The maximum atomic E-state index is 11.3. The maximum Gasteiger partial charge on any atom is 0.123 e. The molecule has 4 saturated carbocycles. The van der Waals surface area contributed by atoms with Gasteiger partial charge in [0.25, 0.3) is 0 Å². The van der Waals surface area contributed by atoms with E-state index in [4.69, 9.17) is 0 Å². The average molecular weight is 429 g/mol. The summed E-state index contributed by atoms with van der Waals surface area (Å²) in [5.41, 5.74) is 0. The van der Waals surface area contributed by atoms with Gasteiger partial charge >= 0.3 is 0 Å². The van der Waals surface area contributed by atoms with E-state index in [0.29, 0.717) is 11.8 Å². The Morgan fingerprint density at radius 1 is 0.581 bits per heavy atom. The van der Waals surface area contributed by atoms with Gasteiger partial charge in [0.15, 0.2) is 0 Å². The monoisotopic (exact) mass is 428 g/mol. The van der Waals surface area contributed by atoms with Gasteiger partial charge in [-0.05, 0) is 118 Å². The van der Waals surface area contributed by atoms with Crippen molar-refractivity contribution in [3.63, 3.8) is 0 Å². The molecular formula is C29H48O2. The molecule has 0 aromatic carbocycles. The largest absolute Gasteiger partial charge is 0.303 e. The van der Waals surface area contributed by atoms with Crippen molar-refractivity contribution in [3.05, 3.63) is 0 Å². The van der Waals surface area contributed by atoms with E-state index >= 15 is 0 Å². The molecule has 4 aliphatic carbocycles. The third-order valence-corrected chi connectivity index (χ3v) is 10.5. The Morgan fingerprint density at radius 2 is 1.00 bits per heavy atom. The van der Waals surface area contributed by atoms with Crippen molar-refractivity contribution < 1.29 is 9.59 Å². The molecular weight excluding hydrogens is 380 g/mol. The number of aldehydes is 2. The van der Waals surface area contributed by atoms with Crippen LogP contribution in [-0.4, -0.2) is 12.6 Å². The van der Waals surface area contributed by atoms with Crippen LogP contribution in [0.3, 0.4) is 0 Å². The van der Waals surface area contributed by atoms with Crippen molar-refractivity contribution in [1.82, 2.24) is 0 Å². The molecule has 31 heavy (non-hydrogen) atoms. The molecule has 4 unspecified atom stereocenters. The van der Waals surface area contributed by atoms with E-state index in [1.54, 1.807) is 0 Å². The van der Waals surface area contributed by atoms with Crippen LogP contribution in [0.15, 0.2) is 0 Å². The minimum atomic E-state index is 0.362. The van der Waals surface area contributed by atoms with Gasteiger partial charge in [0.05, 0.1) is 0 Å². The second-order valence-electron chi connectivity index (χ2n) is 12.1. The first-order chi connectivity index (χ1) is 15.2. The van der Waals surface area contributed by atoms with E-state index in [2.05, 4.69) is 6.92 Å². The SMILES string of the molecule is CCC(C1CCC(C2CCCC(C=O)C2)CC1)C1CCC(C2CCCC(C=O)C2)CC1. The lowest BCUT2D eigenvalue weighted by Gasteiger charge is -2.44. The molecule has 2 nitrogen and oxygen atoms in total. The average Bonchev–Trinajstić information content (AvgIpc) is 2.85. The van der Waals surface area contributed by atoms with Gasteiger partial charge in [0.1, 0.15) is 12.6 Å². The van der Waals surface area contributed by atoms with Crippen LogP contribution >= 0.6 is 0 Å². The minimum Gasteiger partial charge on any atom is -0.303 e. The number of rotatable bonds is 7. The number of hydrogen-bond acceptors (Lipinski definition) is 2. The lowest BCUT2D eigenvalue weighted by atomic mass is 9.62. The summed E-state index contributed by atoms with van der Waals surface area (Å²) < 4.78 is 0. The zero-order valence-electron chi connectivity index (χ0n) is 20.2. The summed E-state index contributed by atoms with van der Waals surface area (Å²) in [6, 6.07) is 0. The van der Waals surface area contributed by atoms with Crippen LogP contribution in [0.5, 0.6) is 0 Å². The third kappa shape index (κ3) is 5.83. The maximum absolute atomic E-state index is 11.3. The normalized spacial score (nSPS) is 43.1. The van der Waals surface area contributed by atoms with Crippen molar-refractivity contribution in [2.75, 3.05) is 0 Å². The van der Waals surface area contributed by atoms with E-state index in [-0.39, 0.29) is 0 Å². The molecule has 2 heteroatoms. The van der Waals surface area contributed by atoms with Gasteiger partial charge in [-0.3, -0.25) is 0 Å².